The molecule has 0 aliphatic rings. The molecule has 2 aromatic heterocycles. The third kappa shape index (κ3) is 2.43. The minimum atomic E-state index is -0.255. The highest BCUT2D eigenvalue weighted by molar-refractivity contribution is 9.10. The average molecular weight is 278 g/mol. The normalized spacial score (nSPS) is 9.81. The summed E-state index contributed by atoms with van der Waals surface area (Å²) in [5, 5.41) is 2.72. The molecule has 0 fully saturated rings. The molecule has 0 bridgehead atoms. The molecule has 5 heteroatoms. The first-order valence-corrected chi connectivity index (χ1v) is 5.39. The number of amides is 1. The van der Waals surface area contributed by atoms with Crippen molar-refractivity contribution in [2.24, 2.45) is 0 Å². The summed E-state index contributed by atoms with van der Waals surface area (Å²) in [5.74, 6) is -0.255. The van der Waals surface area contributed by atoms with Gasteiger partial charge in [0.15, 0.2) is 0 Å². The number of nitrogens with one attached hydrogen (secondary N) is 1. The molecule has 4 nitrogen and oxygen atoms in total. The van der Waals surface area contributed by atoms with Crippen LogP contribution in [-0.4, -0.2) is 15.9 Å². The summed E-state index contributed by atoms with van der Waals surface area (Å²) in [6, 6.07) is 8.69. The molecule has 0 spiro atoms. The van der Waals surface area contributed by atoms with Crippen molar-refractivity contribution in [1.29, 1.82) is 0 Å². The van der Waals surface area contributed by atoms with Gasteiger partial charge in [0.2, 0.25) is 0 Å². The largest absolute Gasteiger partial charge is 0.318 e. The number of pyridine rings is 2. The van der Waals surface area contributed by atoms with Crippen molar-refractivity contribution in [2.45, 2.75) is 0 Å². The Kier molecular flexibility index (Phi) is 3.26. The van der Waals surface area contributed by atoms with Gasteiger partial charge < -0.3 is 5.32 Å². The van der Waals surface area contributed by atoms with E-state index in [-0.39, 0.29) is 5.91 Å². The molecule has 80 valence electrons. The lowest BCUT2D eigenvalue weighted by molar-refractivity contribution is 0.102. The fourth-order valence-electron chi connectivity index (χ4n) is 1.16. The van der Waals surface area contributed by atoms with Crippen molar-refractivity contribution < 1.29 is 4.79 Å². The van der Waals surface area contributed by atoms with Crippen LogP contribution < -0.4 is 5.32 Å². The van der Waals surface area contributed by atoms with Gasteiger partial charge in [-0.3, -0.25) is 9.78 Å². The Morgan fingerprint density at radius 2 is 1.94 bits per heavy atom. The van der Waals surface area contributed by atoms with Gasteiger partial charge in [-0.25, -0.2) is 4.98 Å². The Balaban J connectivity index is 2.18. The predicted octanol–water partition coefficient (Wildman–Crippen LogP) is 2.49. The fourth-order valence-corrected chi connectivity index (χ4v) is 1.51. The Labute approximate surface area is 101 Å². The van der Waals surface area contributed by atoms with Crippen LogP contribution in [0.4, 0.5) is 5.69 Å². The van der Waals surface area contributed by atoms with E-state index in [0.29, 0.717) is 16.0 Å². The van der Waals surface area contributed by atoms with Gasteiger partial charge in [0, 0.05) is 12.4 Å². The third-order valence-electron chi connectivity index (χ3n) is 1.90. The quantitative estimate of drug-likeness (QED) is 0.859. The lowest BCUT2D eigenvalue weighted by Crippen LogP contribution is -2.13. The lowest BCUT2D eigenvalue weighted by Gasteiger charge is -2.05. The molecule has 0 unspecified atom stereocenters. The van der Waals surface area contributed by atoms with Crippen LogP contribution in [0.3, 0.4) is 0 Å². The molecule has 0 aliphatic heterocycles. The second-order valence-electron chi connectivity index (χ2n) is 3.01. The van der Waals surface area contributed by atoms with E-state index in [4.69, 9.17) is 0 Å². The number of hydrogen-bond donors (Lipinski definition) is 1. The Hall–Kier alpha value is -1.75. The number of hydrogen-bond acceptors (Lipinski definition) is 3. The summed E-state index contributed by atoms with van der Waals surface area (Å²) in [7, 11) is 0. The molecule has 2 rings (SSSR count). The summed E-state index contributed by atoms with van der Waals surface area (Å²) >= 11 is 3.25. The van der Waals surface area contributed by atoms with Gasteiger partial charge in [0.1, 0.15) is 10.3 Å². The van der Waals surface area contributed by atoms with E-state index < -0.39 is 0 Å². The van der Waals surface area contributed by atoms with Gasteiger partial charge >= 0.3 is 0 Å². The highest BCUT2D eigenvalue weighted by Gasteiger charge is 2.08. The zero-order valence-electron chi connectivity index (χ0n) is 8.22. The van der Waals surface area contributed by atoms with Gasteiger partial charge in [-0.1, -0.05) is 6.07 Å². The van der Waals surface area contributed by atoms with Crippen molar-refractivity contribution in [3.8, 4) is 0 Å². The molecule has 16 heavy (non-hydrogen) atoms. The van der Waals surface area contributed by atoms with Crippen LogP contribution in [0, 0.1) is 0 Å². The minimum Gasteiger partial charge on any atom is -0.318 e. The summed E-state index contributed by atoms with van der Waals surface area (Å²) in [4.78, 5) is 19.7. The van der Waals surface area contributed by atoms with Crippen LogP contribution in [0.15, 0.2) is 47.3 Å². The lowest BCUT2D eigenvalue weighted by atomic mass is 10.3. The molecular formula is C11H8BrN3O. The zero-order chi connectivity index (χ0) is 11.4. The topological polar surface area (TPSA) is 54.9 Å². The summed E-state index contributed by atoms with van der Waals surface area (Å²) in [5.41, 5.74) is 0.997. The van der Waals surface area contributed by atoms with E-state index >= 15 is 0 Å². The number of carbonyl (C=O) groups is 1. The molecule has 0 saturated carbocycles. The molecule has 0 aromatic carbocycles. The van der Waals surface area contributed by atoms with E-state index in [1.807, 2.05) is 0 Å². The first kappa shape index (κ1) is 10.8. The standard InChI is InChI=1S/C11H8BrN3O/c12-10-8(5-3-7-14-10)15-11(16)9-4-1-2-6-13-9/h1-7H,(H,15,16). The smallest absolute Gasteiger partial charge is 0.274 e. The zero-order valence-corrected chi connectivity index (χ0v) is 9.81. The molecule has 0 aliphatic carbocycles. The molecule has 0 saturated heterocycles. The maximum atomic E-state index is 11.7. The first-order chi connectivity index (χ1) is 7.77. The predicted molar refractivity (Wildman–Crippen MR) is 64.1 cm³/mol. The van der Waals surface area contributed by atoms with Gasteiger partial charge in [-0.15, -0.1) is 0 Å². The Morgan fingerprint density at radius 3 is 2.62 bits per heavy atom. The van der Waals surface area contributed by atoms with Crippen molar-refractivity contribution in [2.75, 3.05) is 5.32 Å². The summed E-state index contributed by atoms with van der Waals surface area (Å²) in [6.07, 6.45) is 3.22. The highest BCUT2D eigenvalue weighted by atomic mass is 79.9. The molecule has 0 atom stereocenters. The summed E-state index contributed by atoms with van der Waals surface area (Å²) in [6.45, 7) is 0. The van der Waals surface area contributed by atoms with Crippen LogP contribution >= 0.6 is 15.9 Å². The number of rotatable bonds is 2. The van der Waals surface area contributed by atoms with Gasteiger partial charge in [-0.2, -0.15) is 0 Å². The van der Waals surface area contributed by atoms with E-state index in [9.17, 15) is 4.79 Å². The highest BCUT2D eigenvalue weighted by Crippen LogP contribution is 2.18. The van der Waals surface area contributed by atoms with E-state index in [0.717, 1.165) is 0 Å². The number of aromatic nitrogens is 2. The van der Waals surface area contributed by atoms with Crippen molar-refractivity contribution >= 4 is 27.5 Å². The van der Waals surface area contributed by atoms with Gasteiger partial charge in [0.25, 0.3) is 5.91 Å². The SMILES string of the molecule is O=C(Nc1cccnc1Br)c1ccccn1. The second kappa shape index (κ2) is 4.85. The molecule has 1 N–H and O–H groups in total. The van der Waals surface area contributed by atoms with E-state index in [1.54, 1.807) is 42.7 Å². The van der Waals surface area contributed by atoms with Crippen LogP contribution in [0.2, 0.25) is 0 Å². The molecular weight excluding hydrogens is 270 g/mol. The molecule has 0 radical (unpaired) electrons. The van der Waals surface area contributed by atoms with Crippen LogP contribution in [-0.2, 0) is 0 Å². The van der Waals surface area contributed by atoms with E-state index in [2.05, 4.69) is 31.2 Å². The maximum absolute atomic E-state index is 11.7. The molecule has 2 aromatic rings. The summed E-state index contributed by atoms with van der Waals surface area (Å²) < 4.78 is 0.597. The number of carbonyl (C=O) groups excluding carboxylic acids is 1. The minimum absolute atomic E-state index is 0.255. The van der Waals surface area contributed by atoms with Gasteiger partial charge in [0.05, 0.1) is 5.69 Å². The number of halogens is 1. The van der Waals surface area contributed by atoms with Crippen LogP contribution in [0.1, 0.15) is 10.5 Å². The fraction of sp³-hybridized carbons (Fsp3) is 0. The Bertz CT molecular complexity index is 502. The molecule has 2 heterocycles. The maximum Gasteiger partial charge on any atom is 0.274 e. The van der Waals surface area contributed by atoms with E-state index in [1.165, 1.54) is 0 Å². The molecule has 1 amide bonds. The van der Waals surface area contributed by atoms with Crippen LogP contribution in [0.5, 0.6) is 0 Å². The number of nitrogens with zero attached hydrogens (tertiary/aromatic N) is 2. The van der Waals surface area contributed by atoms with Gasteiger partial charge in [-0.05, 0) is 40.2 Å². The third-order valence-corrected chi connectivity index (χ3v) is 2.54. The van der Waals surface area contributed by atoms with Crippen molar-refractivity contribution in [3.05, 3.63) is 53.0 Å². The average Bonchev–Trinajstić information content (AvgIpc) is 2.33. The van der Waals surface area contributed by atoms with Crippen molar-refractivity contribution in [3.63, 3.8) is 0 Å². The Morgan fingerprint density at radius 1 is 1.12 bits per heavy atom. The van der Waals surface area contributed by atoms with Crippen LogP contribution in [0.25, 0.3) is 0 Å². The number of anilines is 1. The van der Waals surface area contributed by atoms with Crippen molar-refractivity contribution in [1.82, 2.24) is 9.97 Å². The first-order valence-electron chi connectivity index (χ1n) is 4.60. The second-order valence-corrected chi connectivity index (χ2v) is 3.76. The monoisotopic (exact) mass is 277 g/mol.